The molecule has 11 nitrogen and oxygen atoms in total. The fraction of sp³-hybridized carbons (Fsp3) is 0.885. The van der Waals surface area contributed by atoms with Crippen molar-refractivity contribution < 1.29 is 39.2 Å². The number of hydrogen-bond donors (Lipinski definition) is 6. The Labute approximate surface area is 221 Å². The van der Waals surface area contributed by atoms with E-state index in [4.69, 9.17) is 9.47 Å². The Morgan fingerprint density at radius 3 is 2.00 bits per heavy atom. The zero-order valence-corrected chi connectivity index (χ0v) is 23.1. The third-order valence-electron chi connectivity index (χ3n) is 6.16. The van der Waals surface area contributed by atoms with Gasteiger partial charge in [0.05, 0.1) is 12.6 Å². The number of aliphatic hydroxyl groups excluding tert-OH is 3. The number of nitrogens with one attached hydrogen (secondary N) is 3. The van der Waals surface area contributed by atoms with Gasteiger partial charge >= 0.3 is 6.09 Å². The molecule has 1 aliphatic heterocycles. The smallest absolute Gasteiger partial charge is 0.409 e. The zero-order valence-electron chi connectivity index (χ0n) is 23.1. The Balaban J connectivity index is 2.80. The first-order chi connectivity index (χ1) is 17.4. The Morgan fingerprint density at radius 1 is 0.919 bits per heavy atom. The molecule has 0 radical (unpaired) electrons. The largest absolute Gasteiger partial charge is 0.444 e. The van der Waals surface area contributed by atoms with Crippen molar-refractivity contribution in [3.05, 3.63) is 0 Å². The highest BCUT2D eigenvalue weighted by Crippen LogP contribution is 2.22. The lowest BCUT2D eigenvalue weighted by Gasteiger charge is -2.42. The number of aliphatic hydroxyl groups is 3. The van der Waals surface area contributed by atoms with E-state index >= 15 is 0 Å². The van der Waals surface area contributed by atoms with Crippen LogP contribution in [0.1, 0.15) is 98.8 Å². The van der Waals surface area contributed by atoms with Crippen molar-refractivity contribution in [3.8, 4) is 0 Å². The lowest BCUT2D eigenvalue weighted by atomic mass is 9.92. The van der Waals surface area contributed by atoms with Crippen LogP contribution in [0.25, 0.3) is 0 Å². The predicted molar refractivity (Wildman–Crippen MR) is 139 cm³/mol. The molecule has 37 heavy (non-hydrogen) atoms. The van der Waals surface area contributed by atoms with Crippen molar-refractivity contribution in [2.24, 2.45) is 0 Å². The highest BCUT2D eigenvalue weighted by Gasteiger charge is 2.48. The second-order valence-corrected chi connectivity index (χ2v) is 10.8. The van der Waals surface area contributed by atoms with Gasteiger partial charge in [-0.15, -0.1) is 0 Å². The van der Waals surface area contributed by atoms with E-state index in [0.717, 1.165) is 25.7 Å². The predicted octanol–water partition coefficient (Wildman–Crippen LogP) is 1.86. The van der Waals surface area contributed by atoms with Crippen molar-refractivity contribution in [2.45, 2.75) is 141 Å². The molecule has 0 aromatic rings. The second kappa shape index (κ2) is 16.8. The molecule has 0 aromatic heterocycles. The third-order valence-corrected chi connectivity index (χ3v) is 6.16. The average Bonchev–Trinajstić information content (AvgIpc) is 2.79. The lowest BCUT2D eigenvalue weighted by Crippen LogP contribution is -2.68. The first kappa shape index (κ1) is 33.1. The number of carbonyl (C=O) groups is 3. The van der Waals surface area contributed by atoms with Gasteiger partial charge in [-0.1, -0.05) is 58.3 Å². The van der Waals surface area contributed by atoms with Crippen LogP contribution >= 0.6 is 0 Å². The lowest BCUT2D eigenvalue weighted by molar-refractivity contribution is -0.198. The minimum atomic E-state index is -1.54. The molecule has 1 saturated heterocycles. The van der Waals surface area contributed by atoms with Gasteiger partial charge in [0.25, 0.3) is 5.91 Å². The minimum Gasteiger partial charge on any atom is -0.444 e. The summed E-state index contributed by atoms with van der Waals surface area (Å²) in [4.78, 5) is 37.3. The van der Waals surface area contributed by atoms with Gasteiger partial charge in [-0.3, -0.25) is 9.59 Å². The monoisotopic (exact) mass is 531 g/mol. The summed E-state index contributed by atoms with van der Waals surface area (Å²) in [6, 6.07) is -1.25. The highest BCUT2D eigenvalue weighted by atomic mass is 16.6. The summed E-state index contributed by atoms with van der Waals surface area (Å²) >= 11 is 0. The molecule has 0 spiro atoms. The van der Waals surface area contributed by atoms with Gasteiger partial charge in [0, 0.05) is 6.92 Å². The van der Waals surface area contributed by atoms with E-state index in [1.54, 1.807) is 20.8 Å². The summed E-state index contributed by atoms with van der Waals surface area (Å²) in [6.07, 6.45) is 3.34. The highest BCUT2D eigenvalue weighted by molar-refractivity contribution is 5.84. The summed E-state index contributed by atoms with van der Waals surface area (Å²) < 4.78 is 10.9. The van der Waals surface area contributed by atoms with Crippen molar-refractivity contribution in [3.63, 3.8) is 0 Å². The summed E-state index contributed by atoms with van der Waals surface area (Å²) in [5, 5.41) is 38.0. The van der Waals surface area contributed by atoms with Gasteiger partial charge in [-0.2, -0.15) is 0 Å². The van der Waals surface area contributed by atoms with Crippen LogP contribution in [0.4, 0.5) is 4.79 Å². The van der Waals surface area contributed by atoms with E-state index < -0.39 is 66.7 Å². The van der Waals surface area contributed by atoms with Gasteiger partial charge in [0.15, 0.2) is 6.10 Å². The Kier molecular flexibility index (Phi) is 15.0. The van der Waals surface area contributed by atoms with Crippen molar-refractivity contribution in [1.82, 2.24) is 16.0 Å². The van der Waals surface area contributed by atoms with Crippen molar-refractivity contribution in [2.75, 3.05) is 6.61 Å². The zero-order chi connectivity index (χ0) is 28.0. The van der Waals surface area contributed by atoms with Gasteiger partial charge in [0.2, 0.25) is 5.91 Å². The molecule has 1 heterocycles. The molecule has 0 aliphatic carbocycles. The maximum Gasteiger partial charge on any atom is 0.409 e. The molecule has 6 N–H and O–H groups in total. The van der Waals surface area contributed by atoms with Crippen LogP contribution < -0.4 is 16.0 Å². The second-order valence-electron chi connectivity index (χ2n) is 10.8. The summed E-state index contributed by atoms with van der Waals surface area (Å²) in [5.74, 6) is -1.24. The van der Waals surface area contributed by atoms with Gasteiger partial charge in [0.1, 0.15) is 30.1 Å². The Hall–Kier alpha value is -1.95. The van der Waals surface area contributed by atoms with E-state index in [-0.39, 0.29) is 0 Å². The number of amides is 3. The molecule has 11 heteroatoms. The van der Waals surface area contributed by atoms with Crippen LogP contribution in [0.3, 0.4) is 0 Å². The molecule has 0 unspecified atom stereocenters. The van der Waals surface area contributed by atoms with Crippen LogP contribution in [0, 0.1) is 0 Å². The molecule has 3 amide bonds. The quantitative estimate of drug-likeness (QED) is 0.138. The molecular weight excluding hydrogens is 482 g/mol. The first-order valence-corrected chi connectivity index (χ1v) is 13.6. The number of alkyl carbamates (subject to hydrolysis) is 1. The maximum atomic E-state index is 13.2. The molecule has 1 rings (SSSR count). The summed E-state index contributed by atoms with van der Waals surface area (Å²) in [6.45, 7) is 7.97. The number of hydrogen-bond acceptors (Lipinski definition) is 8. The van der Waals surface area contributed by atoms with Crippen LogP contribution in [-0.2, 0) is 19.1 Å². The van der Waals surface area contributed by atoms with E-state index in [9.17, 15) is 29.7 Å². The van der Waals surface area contributed by atoms with Gasteiger partial charge in [-0.25, -0.2) is 4.79 Å². The normalized spacial score (nSPS) is 24.7. The standard InChI is InChI=1S/C26H49N3O8/c1-6-7-8-9-10-11-12-13-14-15-19(29-25(35)37-26(3,4)5)28-24(34)23-20(27-17(2)31)22(33)21(32)18(16-30)36-23/h18-23,30,32-33H,6-16H2,1-5H3,(H,27,31)(H,28,34)(H,29,35)/t18-,19-,20+,21-,22-,23-/m1/s1. The molecule has 6 atom stereocenters. The minimum absolute atomic E-state index is 0.437. The number of unbranched alkanes of at least 4 members (excludes halogenated alkanes) is 8. The summed E-state index contributed by atoms with van der Waals surface area (Å²) in [5.41, 5.74) is -0.728. The number of carbonyl (C=O) groups excluding carboxylic acids is 3. The van der Waals surface area contributed by atoms with E-state index in [2.05, 4.69) is 22.9 Å². The number of ether oxygens (including phenoxy) is 2. The molecule has 216 valence electrons. The molecule has 0 saturated carbocycles. The fourth-order valence-electron chi connectivity index (χ4n) is 4.28. The molecular formula is C26H49N3O8. The SMILES string of the molecule is CCCCCCCCCCC[C@@H](NC(=O)OC(C)(C)C)NC(=O)[C@@H]1O[C@H](CO)[C@@H](O)[C@H](O)[C@@H]1NC(C)=O. The number of rotatable bonds is 15. The van der Waals surface area contributed by atoms with E-state index in [0.29, 0.717) is 6.42 Å². The topological polar surface area (TPSA) is 166 Å². The first-order valence-electron chi connectivity index (χ1n) is 13.6. The third kappa shape index (κ3) is 12.9. The Bertz CT molecular complexity index is 700. The van der Waals surface area contributed by atoms with Crippen LogP contribution in [-0.4, -0.2) is 82.1 Å². The molecule has 1 aliphatic rings. The van der Waals surface area contributed by atoms with Crippen LogP contribution in [0.15, 0.2) is 0 Å². The van der Waals surface area contributed by atoms with Crippen LogP contribution in [0.2, 0.25) is 0 Å². The van der Waals surface area contributed by atoms with Gasteiger partial charge in [-0.05, 0) is 33.6 Å². The van der Waals surface area contributed by atoms with Crippen LogP contribution in [0.5, 0.6) is 0 Å². The molecule has 0 bridgehead atoms. The fourth-order valence-corrected chi connectivity index (χ4v) is 4.28. The molecule has 0 aromatic carbocycles. The summed E-state index contributed by atoms with van der Waals surface area (Å²) in [7, 11) is 0. The van der Waals surface area contributed by atoms with E-state index in [1.165, 1.54) is 39.0 Å². The van der Waals surface area contributed by atoms with Crippen molar-refractivity contribution in [1.29, 1.82) is 0 Å². The van der Waals surface area contributed by atoms with Gasteiger partial charge < -0.3 is 40.7 Å². The Morgan fingerprint density at radius 2 is 1.49 bits per heavy atom. The average molecular weight is 532 g/mol. The molecule has 1 fully saturated rings. The van der Waals surface area contributed by atoms with Crippen molar-refractivity contribution >= 4 is 17.9 Å². The van der Waals surface area contributed by atoms with E-state index in [1.807, 2.05) is 0 Å². The maximum absolute atomic E-state index is 13.2.